The third-order valence-corrected chi connectivity index (χ3v) is 4.02. The summed E-state index contributed by atoms with van der Waals surface area (Å²) >= 11 is 0. The molecule has 0 radical (unpaired) electrons. The van der Waals surface area contributed by atoms with Crippen LogP contribution in [0.5, 0.6) is 0 Å². The van der Waals surface area contributed by atoms with Crippen LogP contribution in [0.1, 0.15) is 41.6 Å². The van der Waals surface area contributed by atoms with E-state index in [1.54, 1.807) is 25.1 Å². The molecule has 0 aromatic heterocycles. The maximum absolute atomic E-state index is 12.3. The molecule has 0 spiro atoms. The van der Waals surface area contributed by atoms with Gasteiger partial charge in [0, 0.05) is 17.3 Å². The molecule has 1 amide bonds. The number of carbonyl (C=O) groups is 2. The molecule has 2 rings (SSSR count). The smallest absolute Gasteiger partial charge is 0.308 e. The van der Waals surface area contributed by atoms with Crippen molar-refractivity contribution in [3.63, 3.8) is 0 Å². The summed E-state index contributed by atoms with van der Waals surface area (Å²) in [6.07, 6.45) is 3.19. The Kier molecular flexibility index (Phi) is 4.27. The molecule has 1 aliphatic rings. The Bertz CT molecular complexity index is 528. The molecule has 20 heavy (non-hydrogen) atoms. The molecule has 1 fully saturated rings. The van der Waals surface area contributed by atoms with Crippen molar-refractivity contribution in [3.05, 3.63) is 29.3 Å². The second-order valence-corrected chi connectivity index (χ2v) is 5.33. The summed E-state index contributed by atoms with van der Waals surface area (Å²) in [6.45, 7) is 1.79. The van der Waals surface area contributed by atoms with Crippen LogP contribution in [0.4, 0.5) is 5.69 Å². The van der Waals surface area contributed by atoms with Crippen LogP contribution in [-0.2, 0) is 4.79 Å². The number of carbonyl (C=O) groups excluding carboxylic acids is 1. The van der Waals surface area contributed by atoms with E-state index in [9.17, 15) is 14.7 Å². The molecule has 108 valence electrons. The van der Waals surface area contributed by atoms with E-state index in [1.807, 2.05) is 0 Å². The Morgan fingerprint density at radius 2 is 2.00 bits per heavy atom. The van der Waals surface area contributed by atoms with E-state index in [-0.39, 0.29) is 11.9 Å². The fourth-order valence-electron chi connectivity index (χ4n) is 2.74. The maximum Gasteiger partial charge on any atom is 0.308 e. The number of aliphatic carboxylic acids is 1. The van der Waals surface area contributed by atoms with Gasteiger partial charge in [0.15, 0.2) is 0 Å². The molecular formula is C15H20N2O3. The molecule has 0 aliphatic heterocycles. The van der Waals surface area contributed by atoms with Gasteiger partial charge in [0.25, 0.3) is 5.91 Å². The van der Waals surface area contributed by atoms with E-state index >= 15 is 0 Å². The van der Waals surface area contributed by atoms with Crippen molar-refractivity contribution in [1.82, 2.24) is 5.32 Å². The summed E-state index contributed by atoms with van der Waals surface area (Å²) in [5.41, 5.74) is 7.60. The van der Waals surface area contributed by atoms with Crippen LogP contribution in [0.3, 0.4) is 0 Å². The number of nitrogens with one attached hydrogen (secondary N) is 1. The molecule has 4 N–H and O–H groups in total. The predicted octanol–water partition coefficient (Wildman–Crippen LogP) is 1.95. The minimum atomic E-state index is -0.834. The van der Waals surface area contributed by atoms with Crippen molar-refractivity contribution in [2.45, 2.75) is 38.6 Å². The highest BCUT2D eigenvalue weighted by atomic mass is 16.4. The number of hydrogen-bond acceptors (Lipinski definition) is 3. The highest BCUT2D eigenvalue weighted by molar-refractivity contribution is 5.97. The highest BCUT2D eigenvalue weighted by Gasteiger charge is 2.32. The van der Waals surface area contributed by atoms with Gasteiger partial charge < -0.3 is 16.2 Å². The van der Waals surface area contributed by atoms with Gasteiger partial charge in [-0.15, -0.1) is 0 Å². The van der Waals surface area contributed by atoms with Crippen LogP contribution in [0.2, 0.25) is 0 Å². The molecule has 0 saturated heterocycles. The quantitative estimate of drug-likeness (QED) is 0.736. The van der Waals surface area contributed by atoms with Gasteiger partial charge in [-0.25, -0.2) is 0 Å². The Labute approximate surface area is 118 Å². The zero-order valence-corrected chi connectivity index (χ0v) is 11.6. The van der Waals surface area contributed by atoms with Crippen molar-refractivity contribution in [2.24, 2.45) is 5.92 Å². The summed E-state index contributed by atoms with van der Waals surface area (Å²) in [6, 6.07) is 4.88. The lowest BCUT2D eigenvalue weighted by Gasteiger charge is -2.29. The second-order valence-electron chi connectivity index (χ2n) is 5.33. The normalized spacial score (nSPS) is 22.2. The average Bonchev–Trinajstić information content (AvgIpc) is 2.42. The van der Waals surface area contributed by atoms with Gasteiger partial charge in [0.05, 0.1) is 5.92 Å². The van der Waals surface area contributed by atoms with E-state index in [1.165, 1.54) is 0 Å². The molecule has 2 atom stereocenters. The maximum atomic E-state index is 12.3. The van der Waals surface area contributed by atoms with Gasteiger partial charge in [-0.05, 0) is 37.5 Å². The third kappa shape index (κ3) is 2.92. The van der Waals surface area contributed by atoms with Crippen LogP contribution in [0.15, 0.2) is 18.2 Å². The summed E-state index contributed by atoms with van der Waals surface area (Å²) in [5, 5.41) is 12.1. The van der Waals surface area contributed by atoms with Crippen LogP contribution in [-0.4, -0.2) is 23.0 Å². The SMILES string of the molecule is Cc1c(N)cccc1C(=O)NC1CCCCC1C(=O)O. The molecule has 2 unspecified atom stereocenters. The highest BCUT2D eigenvalue weighted by Crippen LogP contribution is 2.25. The monoisotopic (exact) mass is 276 g/mol. The summed E-state index contributed by atoms with van der Waals surface area (Å²) in [4.78, 5) is 23.5. The standard InChI is InChI=1S/C15H20N2O3/c1-9-10(6-4-7-12(9)16)14(18)17-13-8-3-2-5-11(13)15(19)20/h4,6-7,11,13H,2-3,5,8,16H2,1H3,(H,17,18)(H,19,20). The molecular weight excluding hydrogens is 256 g/mol. The van der Waals surface area contributed by atoms with E-state index in [0.29, 0.717) is 24.1 Å². The largest absolute Gasteiger partial charge is 0.481 e. The number of carboxylic acids is 1. The molecule has 1 aliphatic carbocycles. The van der Waals surface area contributed by atoms with Crippen LogP contribution >= 0.6 is 0 Å². The minimum absolute atomic E-state index is 0.243. The lowest BCUT2D eigenvalue weighted by atomic mass is 9.84. The lowest BCUT2D eigenvalue weighted by Crippen LogP contribution is -2.45. The first-order chi connectivity index (χ1) is 9.50. The van der Waals surface area contributed by atoms with Crippen molar-refractivity contribution < 1.29 is 14.7 Å². The fourth-order valence-corrected chi connectivity index (χ4v) is 2.74. The van der Waals surface area contributed by atoms with Crippen molar-refractivity contribution in [3.8, 4) is 0 Å². The summed E-state index contributed by atoms with van der Waals surface area (Å²) in [7, 11) is 0. The first kappa shape index (κ1) is 14.4. The van der Waals surface area contributed by atoms with Gasteiger partial charge in [-0.3, -0.25) is 9.59 Å². The van der Waals surface area contributed by atoms with E-state index in [0.717, 1.165) is 18.4 Å². The van der Waals surface area contributed by atoms with Crippen molar-refractivity contribution >= 4 is 17.6 Å². The Hall–Kier alpha value is -2.04. The number of anilines is 1. The molecule has 5 nitrogen and oxygen atoms in total. The number of carboxylic acid groups (broad SMARTS) is 1. The molecule has 1 aromatic rings. The number of benzene rings is 1. The van der Waals surface area contributed by atoms with Crippen molar-refractivity contribution in [1.29, 1.82) is 0 Å². The zero-order valence-electron chi connectivity index (χ0n) is 11.6. The minimum Gasteiger partial charge on any atom is -0.481 e. The van der Waals surface area contributed by atoms with Crippen LogP contribution in [0, 0.1) is 12.8 Å². The van der Waals surface area contributed by atoms with Gasteiger partial charge in [0.2, 0.25) is 0 Å². The number of nitrogens with two attached hydrogens (primary N) is 1. The first-order valence-corrected chi connectivity index (χ1v) is 6.89. The average molecular weight is 276 g/mol. The number of hydrogen-bond donors (Lipinski definition) is 3. The molecule has 0 heterocycles. The zero-order chi connectivity index (χ0) is 14.7. The number of amides is 1. The van der Waals surface area contributed by atoms with Gasteiger partial charge in [-0.1, -0.05) is 18.9 Å². The molecule has 1 aromatic carbocycles. The van der Waals surface area contributed by atoms with Crippen molar-refractivity contribution in [2.75, 3.05) is 5.73 Å². The number of rotatable bonds is 3. The predicted molar refractivity (Wildman–Crippen MR) is 76.4 cm³/mol. The second kappa shape index (κ2) is 5.94. The lowest BCUT2D eigenvalue weighted by molar-refractivity contribution is -0.143. The summed E-state index contributed by atoms with van der Waals surface area (Å²) < 4.78 is 0. The number of nitrogen functional groups attached to an aromatic ring is 1. The van der Waals surface area contributed by atoms with Gasteiger partial charge in [-0.2, -0.15) is 0 Å². The Balaban J connectivity index is 2.14. The molecule has 5 heteroatoms. The van der Waals surface area contributed by atoms with Crippen LogP contribution < -0.4 is 11.1 Å². The summed E-state index contributed by atoms with van der Waals surface area (Å²) in [5.74, 6) is -1.57. The topological polar surface area (TPSA) is 92.4 Å². The van der Waals surface area contributed by atoms with Gasteiger partial charge >= 0.3 is 5.97 Å². The Morgan fingerprint density at radius 1 is 1.30 bits per heavy atom. The third-order valence-electron chi connectivity index (χ3n) is 4.02. The first-order valence-electron chi connectivity index (χ1n) is 6.89. The van der Waals surface area contributed by atoms with E-state index in [4.69, 9.17) is 5.73 Å². The molecule has 1 saturated carbocycles. The Morgan fingerprint density at radius 3 is 2.70 bits per heavy atom. The molecule has 0 bridgehead atoms. The van der Waals surface area contributed by atoms with E-state index in [2.05, 4.69) is 5.32 Å². The van der Waals surface area contributed by atoms with Crippen LogP contribution in [0.25, 0.3) is 0 Å². The van der Waals surface area contributed by atoms with Gasteiger partial charge in [0.1, 0.15) is 0 Å². The van der Waals surface area contributed by atoms with E-state index < -0.39 is 11.9 Å². The fraction of sp³-hybridized carbons (Fsp3) is 0.467.